The predicted octanol–water partition coefficient (Wildman–Crippen LogP) is 9.58. The van der Waals surface area contributed by atoms with Gasteiger partial charge in [-0.05, 0) is 84.7 Å². The van der Waals surface area contributed by atoms with Crippen LogP contribution in [0.25, 0.3) is 0 Å². The lowest BCUT2D eigenvalue weighted by Gasteiger charge is -2.36. The Balaban J connectivity index is 1.38. The fraction of sp³-hybridized carbons (Fsp3) is 0.579. The molecule has 242 valence electrons. The standard InChI is InChI=1S/C38H54O5S/c1-9-33(31-15-11-13-17-35(31)40-29-23-19-27(20-24-29)37(3,4)5)42-44(39)43-34(10-2)32-16-12-14-18-36(32)41-30-25-21-28(22-26-30)38(6,7)8/h9-10,19-26,31-36H,1-2,11-18H2,3-8H3. The van der Waals surface area contributed by atoms with Crippen LogP contribution in [0.4, 0.5) is 0 Å². The monoisotopic (exact) mass is 622 g/mol. The summed E-state index contributed by atoms with van der Waals surface area (Å²) in [5.74, 6) is 1.75. The van der Waals surface area contributed by atoms with E-state index < -0.39 is 23.6 Å². The quantitative estimate of drug-likeness (QED) is 0.221. The molecule has 6 atom stereocenters. The highest BCUT2D eigenvalue weighted by molar-refractivity contribution is 7.75. The van der Waals surface area contributed by atoms with E-state index in [0.29, 0.717) is 0 Å². The van der Waals surface area contributed by atoms with E-state index >= 15 is 0 Å². The van der Waals surface area contributed by atoms with Crippen LogP contribution in [0.5, 0.6) is 11.5 Å². The van der Waals surface area contributed by atoms with Gasteiger partial charge >= 0.3 is 11.4 Å². The Morgan fingerprint density at radius 1 is 0.636 bits per heavy atom. The Morgan fingerprint density at radius 3 is 1.30 bits per heavy atom. The number of hydrogen-bond acceptors (Lipinski definition) is 5. The molecule has 0 aliphatic heterocycles. The third kappa shape index (κ3) is 9.31. The van der Waals surface area contributed by atoms with E-state index in [1.165, 1.54) is 11.1 Å². The minimum absolute atomic E-state index is 0.0279. The van der Waals surface area contributed by atoms with Crippen LogP contribution < -0.4 is 9.47 Å². The maximum Gasteiger partial charge on any atom is 0.305 e. The van der Waals surface area contributed by atoms with Crippen LogP contribution in [-0.2, 0) is 30.6 Å². The van der Waals surface area contributed by atoms with Gasteiger partial charge in [0, 0.05) is 11.8 Å². The summed E-state index contributed by atoms with van der Waals surface area (Å²) in [5.41, 5.74) is 2.71. The third-order valence-corrected chi connectivity index (χ3v) is 9.97. The van der Waals surface area contributed by atoms with Crippen LogP contribution in [0.1, 0.15) is 104 Å². The van der Waals surface area contributed by atoms with Crippen molar-refractivity contribution in [2.45, 2.75) is 128 Å². The van der Waals surface area contributed by atoms with Crippen molar-refractivity contribution in [2.24, 2.45) is 11.8 Å². The molecule has 0 heterocycles. The van der Waals surface area contributed by atoms with Crippen LogP contribution >= 0.6 is 0 Å². The van der Waals surface area contributed by atoms with Crippen molar-refractivity contribution in [1.82, 2.24) is 0 Å². The third-order valence-electron chi connectivity index (χ3n) is 9.21. The summed E-state index contributed by atoms with van der Waals surface area (Å²) in [4.78, 5) is 0. The average Bonchev–Trinajstić information content (AvgIpc) is 2.99. The fourth-order valence-electron chi connectivity index (χ4n) is 6.49. The lowest BCUT2D eigenvalue weighted by Crippen LogP contribution is -2.41. The molecule has 2 aromatic carbocycles. The molecular weight excluding hydrogens is 568 g/mol. The van der Waals surface area contributed by atoms with E-state index in [0.717, 1.165) is 62.9 Å². The summed E-state index contributed by atoms with van der Waals surface area (Å²) in [6.07, 6.45) is 10.4. The molecule has 0 aromatic heterocycles. The molecule has 0 radical (unpaired) electrons. The summed E-state index contributed by atoms with van der Waals surface area (Å²) < 4.78 is 38.4. The molecular formula is C38H54O5S. The minimum atomic E-state index is -1.99. The van der Waals surface area contributed by atoms with Crippen molar-refractivity contribution in [3.63, 3.8) is 0 Å². The Hall–Kier alpha value is -2.41. The minimum Gasteiger partial charge on any atom is -0.490 e. The molecule has 2 fully saturated rings. The summed E-state index contributed by atoms with van der Waals surface area (Å²) in [5, 5.41) is 0. The van der Waals surface area contributed by atoms with Gasteiger partial charge in [-0.2, -0.15) is 4.21 Å². The molecule has 2 aliphatic carbocycles. The van der Waals surface area contributed by atoms with E-state index in [1.54, 1.807) is 12.2 Å². The Bertz CT molecular complexity index is 1130. The molecule has 6 heteroatoms. The van der Waals surface area contributed by atoms with Crippen molar-refractivity contribution in [1.29, 1.82) is 0 Å². The highest BCUT2D eigenvalue weighted by Crippen LogP contribution is 2.36. The molecule has 0 bridgehead atoms. The van der Waals surface area contributed by atoms with E-state index in [2.05, 4.69) is 79.0 Å². The van der Waals surface area contributed by atoms with Gasteiger partial charge < -0.3 is 9.47 Å². The summed E-state index contributed by atoms with van der Waals surface area (Å²) in [7, 11) is 0. The maximum absolute atomic E-state index is 13.3. The summed E-state index contributed by atoms with van der Waals surface area (Å²) >= 11 is -1.99. The Labute approximate surface area is 269 Å². The molecule has 0 spiro atoms. The lowest BCUT2D eigenvalue weighted by molar-refractivity contribution is 0.0160. The maximum atomic E-state index is 13.3. The number of ether oxygens (including phenoxy) is 2. The molecule has 2 aromatic rings. The van der Waals surface area contributed by atoms with Gasteiger partial charge in [0.2, 0.25) is 0 Å². The van der Waals surface area contributed by atoms with E-state index in [4.69, 9.17) is 17.8 Å². The molecule has 4 rings (SSSR count). The van der Waals surface area contributed by atoms with Gasteiger partial charge in [0.1, 0.15) is 35.9 Å². The molecule has 44 heavy (non-hydrogen) atoms. The normalized spacial score (nSPS) is 25.0. The van der Waals surface area contributed by atoms with Gasteiger partial charge in [-0.3, -0.25) is 8.37 Å². The molecule has 0 N–H and O–H groups in total. The summed E-state index contributed by atoms with van der Waals surface area (Å²) in [6, 6.07) is 16.7. The van der Waals surface area contributed by atoms with Gasteiger partial charge in [-0.15, -0.1) is 13.2 Å². The zero-order chi connectivity index (χ0) is 31.9. The van der Waals surface area contributed by atoms with Crippen molar-refractivity contribution >= 4 is 11.4 Å². The van der Waals surface area contributed by atoms with Crippen LogP contribution in [0.3, 0.4) is 0 Å². The second kappa shape index (κ2) is 15.2. The van der Waals surface area contributed by atoms with Crippen LogP contribution in [0.15, 0.2) is 73.8 Å². The zero-order valence-electron chi connectivity index (χ0n) is 27.8. The Morgan fingerprint density at radius 2 is 0.977 bits per heavy atom. The zero-order valence-corrected chi connectivity index (χ0v) is 28.6. The SMILES string of the molecule is C=CC(OS(=O)OC(C=C)C1CCCCC1Oc1ccc(C(C)(C)C)cc1)C1CCCCC1Oc1ccc(C(C)(C)C)cc1. The first-order valence-electron chi connectivity index (χ1n) is 16.4. The highest BCUT2D eigenvalue weighted by Gasteiger charge is 2.37. The van der Waals surface area contributed by atoms with Crippen molar-refractivity contribution in [3.05, 3.63) is 85.0 Å². The first-order valence-corrected chi connectivity index (χ1v) is 17.4. The summed E-state index contributed by atoms with van der Waals surface area (Å²) in [6.45, 7) is 21.3. The van der Waals surface area contributed by atoms with E-state index in [-0.39, 0.29) is 34.9 Å². The van der Waals surface area contributed by atoms with Gasteiger partial charge in [0.25, 0.3) is 0 Å². The van der Waals surface area contributed by atoms with Crippen molar-refractivity contribution < 1.29 is 22.0 Å². The second-order valence-corrected chi connectivity index (χ2v) is 15.3. The molecule has 6 unspecified atom stereocenters. The number of rotatable bonds is 12. The Kier molecular flexibility index (Phi) is 11.9. The predicted molar refractivity (Wildman–Crippen MR) is 181 cm³/mol. The number of hydrogen-bond donors (Lipinski definition) is 0. The van der Waals surface area contributed by atoms with Crippen LogP contribution in [0.2, 0.25) is 0 Å². The average molecular weight is 623 g/mol. The van der Waals surface area contributed by atoms with Crippen LogP contribution in [-0.4, -0.2) is 28.6 Å². The highest BCUT2D eigenvalue weighted by atomic mass is 32.2. The largest absolute Gasteiger partial charge is 0.490 e. The first-order chi connectivity index (χ1) is 20.9. The molecule has 2 aliphatic rings. The smallest absolute Gasteiger partial charge is 0.305 e. The van der Waals surface area contributed by atoms with Gasteiger partial charge in [0.05, 0.1) is 0 Å². The molecule has 5 nitrogen and oxygen atoms in total. The van der Waals surface area contributed by atoms with E-state index in [9.17, 15) is 4.21 Å². The lowest BCUT2D eigenvalue weighted by atomic mass is 9.82. The first kappa shape index (κ1) is 34.5. The van der Waals surface area contributed by atoms with E-state index in [1.807, 2.05) is 24.3 Å². The van der Waals surface area contributed by atoms with Crippen molar-refractivity contribution in [2.75, 3.05) is 0 Å². The molecule has 2 saturated carbocycles. The van der Waals surface area contributed by atoms with Crippen LogP contribution in [0, 0.1) is 11.8 Å². The van der Waals surface area contributed by atoms with Gasteiger partial charge in [-0.25, -0.2) is 0 Å². The van der Waals surface area contributed by atoms with Crippen molar-refractivity contribution in [3.8, 4) is 11.5 Å². The molecule has 0 amide bonds. The second-order valence-electron chi connectivity index (χ2n) is 14.6. The van der Waals surface area contributed by atoms with Gasteiger partial charge in [-0.1, -0.05) is 90.8 Å². The fourth-order valence-corrected chi connectivity index (χ4v) is 7.34. The molecule has 0 saturated heterocycles. The van der Waals surface area contributed by atoms with Gasteiger partial charge in [0.15, 0.2) is 0 Å². The number of benzene rings is 2. The topological polar surface area (TPSA) is 54.0 Å².